The third kappa shape index (κ3) is 2.81. The first-order valence-electron chi connectivity index (χ1n) is 6.29. The Labute approximate surface area is 107 Å². The molecule has 98 valence electrons. The van der Waals surface area contributed by atoms with Crippen LogP contribution in [-0.4, -0.2) is 30.0 Å². The number of benzene rings is 1. The first-order chi connectivity index (χ1) is 8.58. The van der Waals surface area contributed by atoms with Crippen molar-refractivity contribution in [3.63, 3.8) is 0 Å². The van der Waals surface area contributed by atoms with Gasteiger partial charge in [-0.3, -0.25) is 4.79 Å². The van der Waals surface area contributed by atoms with E-state index < -0.39 is 6.10 Å². The summed E-state index contributed by atoms with van der Waals surface area (Å²) in [6.07, 6.45) is 1.61. The van der Waals surface area contributed by atoms with Gasteiger partial charge in [0.2, 0.25) is 0 Å². The maximum Gasteiger partial charge on any atom is 0.263 e. The highest BCUT2D eigenvalue weighted by atomic mass is 19.1. The second-order valence-electron chi connectivity index (χ2n) is 4.70. The van der Waals surface area contributed by atoms with Crippen molar-refractivity contribution in [2.45, 2.75) is 32.8 Å². The molecule has 1 aromatic carbocycles. The minimum absolute atomic E-state index is 0.0104. The molecule has 1 fully saturated rings. The van der Waals surface area contributed by atoms with Crippen molar-refractivity contribution in [1.82, 2.24) is 4.90 Å². The Morgan fingerprint density at radius 1 is 1.39 bits per heavy atom. The molecule has 1 heterocycles. The quantitative estimate of drug-likeness (QED) is 0.826. The maximum absolute atomic E-state index is 13.0. The van der Waals surface area contributed by atoms with Crippen LogP contribution in [0.2, 0.25) is 0 Å². The number of carbonyl (C=O) groups is 1. The van der Waals surface area contributed by atoms with Crippen molar-refractivity contribution in [2.24, 2.45) is 0 Å². The first-order valence-corrected chi connectivity index (χ1v) is 6.29. The first kappa shape index (κ1) is 12.9. The molecule has 18 heavy (non-hydrogen) atoms. The number of halogens is 1. The van der Waals surface area contributed by atoms with Crippen molar-refractivity contribution in [3.8, 4) is 5.75 Å². The molecule has 0 radical (unpaired) electrons. The molecule has 1 aliphatic heterocycles. The minimum Gasteiger partial charge on any atom is -0.481 e. The number of carbonyl (C=O) groups excluding carboxylic acids is 1. The van der Waals surface area contributed by atoms with Gasteiger partial charge in [-0.15, -0.1) is 0 Å². The summed E-state index contributed by atoms with van der Waals surface area (Å²) in [5.41, 5.74) is 0.705. The fourth-order valence-corrected chi connectivity index (χ4v) is 2.18. The molecule has 0 bridgehead atoms. The number of hydrogen-bond donors (Lipinski definition) is 0. The summed E-state index contributed by atoms with van der Waals surface area (Å²) in [7, 11) is 0. The van der Waals surface area contributed by atoms with Crippen molar-refractivity contribution in [1.29, 1.82) is 0 Å². The van der Waals surface area contributed by atoms with Crippen LogP contribution in [0.1, 0.15) is 25.3 Å². The van der Waals surface area contributed by atoms with E-state index in [1.807, 2.05) is 4.90 Å². The lowest BCUT2D eigenvalue weighted by Crippen LogP contribution is -2.38. The van der Waals surface area contributed by atoms with Crippen LogP contribution in [0.3, 0.4) is 0 Å². The summed E-state index contributed by atoms with van der Waals surface area (Å²) < 4.78 is 18.6. The van der Waals surface area contributed by atoms with Crippen molar-refractivity contribution in [3.05, 3.63) is 29.6 Å². The summed E-state index contributed by atoms with van der Waals surface area (Å²) >= 11 is 0. The fraction of sp³-hybridized carbons (Fsp3) is 0.500. The molecular formula is C14H18FNO2. The van der Waals surface area contributed by atoms with E-state index in [4.69, 9.17) is 4.74 Å². The second kappa shape index (κ2) is 5.38. The van der Waals surface area contributed by atoms with Gasteiger partial charge in [-0.1, -0.05) is 0 Å². The third-order valence-corrected chi connectivity index (χ3v) is 3.21. The lowest BCUT2D eigenvalue weighted by molar-refractivity contribution is -0.136. The molecule has 0 N–H and O–H groups in total. The van der Waals surface area contributed by atoms with Crippen LogP contribution >= 0.6 is 0 Å². The molecule has 0 spiro atoms. The zero-order valence-electron chi connectivity index (χ0n) is 10.8. The normalized spacial score (nSPS) is 16.7. The zero-order valence-corrected chi connectivity index (χ0v) is 10.8. The number of nitrogens with zero attached hydrogens (tertiary/aromatic N) is 1. The van der Waals surface area contributed by atoms with E-state index in [0.717, 1.165) is 25.9 Å². The summed E-state index contributed by atoms with van der Waals surface area (Å²) in [5.74, 6) is 0.283. The number of aryl methyl sites for hydroxylation is 1. The van der Waals surface area contributed by atoms with Gasteiger partial charge < -0.3 is 9.64 Å². The van der Waals surface area contributed by atoms with Crippen LogP contribution < -0.4 is 4.74 Å². The highest BCUT2D eigenvalue weighted by Crippen LogP contribution is 2.20. The molecule has 1 unspecified atom stereocenters. The van der Waals surface area contributed by atoms with Crippen LogP contribution in [0.5, 0.6) is 5.75 Å². The summed E-state index contributed by atoms with van der Waals surface area (Å²) in [6.45, 7) is 5.14. The molecule has 1 atom stereocenters. The van der Waals surface area contributed by atoms with E-state index >= 15 is 0 Å². The molecule has 4 heteroatoms. The second-order valence-corrected chi connectivity index (χ2v) is 4.70. The highest BCUT2D eigenvalue weighted by Gasteiger charge is 2.24. The van der Waals surface area contributed by atoms with E-state index in [2.05, 4.69) is 0 Å². The smallest absolute Gasteiger partial charge is 0.263 e. The Hall–Kier alpha value is -1.58. The Morgan fingerprint density at radius 2 is 2.06 bits per heavy atom. The Balaban J connectivity index is 2.01. The fourth-order valence-electron chi connectivity index (χ4n) is 2.18. The molecular weight excluding hydrogens is 233 g/mol. The van der Waals surface area contributed by atoms with E-state index in [0.29, 0.717) is 11.3 Å². The van der Waals surface area contributed by atoms with Gasteiger partial charge in [-0.2, -0.15) is 0 Å². The van der Waals surface area contributed by atoms with Gasteiger partial charge in [0.15, 0.2) is 6.10 Å². The lowest BCUT2D eigenvalue weighted by atomic mass is 10.2. The largest absolute Gasteiger partial charge is 0.481 e. The maximum atomic E-state index is 13.0. The summed E-state index contributed by atoms with van der Waals surface area (Å²) in [5, 5.41) is 0. The third-order valence-electron chi connectivity index (χ3n) is 3.21. The van der Waals surface area contributed by atoms with Gasteiger partial charge >= 0.3 is 0 Å². The minimum atomic E-state index is -0.521. The lowest BCUT2D eigenvalue weighted by Gasteiger charge is -2.21. The number of amides is 1. The molecule has 1 saturated heterocycles. The summed E-state index contributed by atoms with van der Waals surface area (Å²) in [4.78, 5) is 13.9. The van der Waals surface area contributed by atoms with Crippen molar-refractivity contribution in [2.75, 3.05) is 13.1 Å². The van der Waals surface area contributed by atoms with Crippen molar-refractivity contribution >= 4 is 5.91 Å². The highest BCUT2D eigenvalue weighted by molar-refractivity contribution is 5.81. The van der Waals surface area contributed by atoms with Gasteiger partial charge in [0.25, 0.3) is 5.91 Å². The monoisotopic (exact) mass is 251 g/mol. The number of hydrogen-bond acceptors (Lipinski definition) is 2. The van der Waals surface area contributed by atoms with Gasteiger partial charge in [-0.25, -0.2) is 4.39 Å². The molecule has 0 aromatic heterocycles. The topological polar surface area (TPSA) is 29.5 Å². The van der Waals surface area contributed by atoms with E-state index in [1.54, 1.807) is 19.9 Å². The molecule has 1 amide bonds. The molecule has 0 aliphatic carbocycles. The number of likely N-dealkylation sites (tertiary alicyclic amines) is 1. The Morgan fingerprint density at radius 3 is 2.67 bits per heavy atom. The SMILES string of the molecule is Cc1cc(F)ccc1OC(C)C(=O)N1CCCC1. The van der Waals surface area contributed by atoms with Gasteiger partial charge in [0.1, 0.15) is 11.6 Å². The Bertz CT molecular complexity index is 441. The number of ether oxygens (including phenoxy) is 1. The van der Waals surface area contributed by atoms with E-state index in [9.17, 15) is 9.18 Å². The molecule has 3 nitrogen and oxygen atoms in total. The van der Waals surface area contributed by atoms with Gasteiger partial charge in [-0.05, 0) is 50.5 Å². The van der Waals surface area contributed by atoms with Crippen LogP contribution in [0.15, 0.2) is 18.2 Å². The van der Waals surface area contributed by atoms with Crippen LogP contribution in [0, 0.1) is 12.7 Å². The van der Waals surface area contributed by atoms with Crippen LogP contribution in [-0.2, 0) is 4.79 Å². The van der Waals surface area contributed by atoms with E-state index in [1.165, 1.54) is 12.1 Å². The Kier molecular flexibility index (Phi) is 3.84. The molecule has 2 rings (SSSR count). The van der Waals surface area contributed by atoms with Crippen molar-refractivity contribution < 1.29 is 13.9 Å². The average Bonchev–Trinajstić information content (AvgIpc) is 2.85. The summed E-state index contributed by atoms with van der Waals surface area (Å²) in [6, 6.07) is 4.32. The zero-order chi connectivity index (χ0) is 13.1. The molecule has 1 aliphatic rings. The number of rotatable bonds is 3. The molecule has 0 saturated carbocycles. The average molecular weight is 251 g/mol. The van der Waals surface area contributed by atoms with Gasteiger partial charge in [0.05, 0.1) is 0 Å². The van der Waals surface area contributed by atoms with Crippen LogP contribution in [0.4, 0.5) is 4.39 Å². The van der Waals surface area contributed by atoms with Crippen LogP contribution in [0.25, 0.3) is 0 Å². The standard InChI is InChI=1S/C14H18FNO2/c1-10-9-12(15)5-6-13(10)18-11(2)14(17)16-7-3-4-8-16/h5-6,9,11H,3-4,7-8H2,1-2H3. The van der Waals surface area contributed by atoms with Gasteiger partial charge in [0, 0.05) is 13.1 Å². The predicted molar refractivity (Wildman–Crippen MR) is 67.0 cm³/mol. The molecule has 1 aromatic rings. The van der Waals surface area contributed by atoms with E-state index in [-0.39, 0.29) is 11.7 Å². The predicted octanol–water partition coefficient (Wildman–Crippen LogP) is 2.52.